The molecule has 0 bridgehead atoms. The van der Waals surface area contributed by atoms with Gasteiger partial charge in [0.05, 0.1) is 29.3 Å². The smallest absolute Gasteiger partial charge is 0.222 e. The molecule has 0 aliphatic carbocycles. The van der Waals surface area contributed by atoms with Gasteiger partial charge in [0.15, 0.2) is 5.82 Å². The van der Waals surface area contributed by atoms with Crippen molar-refractivity contribution in [2.75, 3.05) is 36.9 Å². The molecule has 3 aromatic rings. The number of anilines is 2. The molecular weight excluding hydrogens is 310 g/mol. The van der Waals surface area contributed by atoms with Gasteiger partial charge in [0.2, 0.25) is 5.95 Å². The summed E-state index contributed by atoms with van der Waals surface area (Å²) in [5.74, 6) is 1.08. The van der Waals surface area contributed by atoms with Crippen molar-refractivity contribution in [1.29, 1.82) is 0 Å². The van der Waals surface area contributed by atoms with Crippen LogP contribution in [0.3, 0.4) is 0 Å². The molecule has 0 saturated carbocycles. The van der Waals surface area contributed by atoms with E-state index in [2.05, 4.69) is 33.9 Å². The third kappa shape index (κ3) is 2.73. The molecule has 23 heavy (non-hydrogen) atoms. The van der Waals surface area contributed by atoms with Crippen molar-refractivity contribution in [2.45, 2.75) is 6.92 Å². The third-order valence-electron chi connectivity index (χ3n) is 3.84. The van der Waals surface area contributed by atoms with Crippen molar-refractivity contribution < 1.29 is 4.74 Å². The van der Waals surface area contributed by atoms with Crippen LogP contribution in [0.2, 0.25) is 0 Å². The minimum atomic E-state index is 0.278. The van der Waals surface area contributed by atoms with Crippen LogP contribution in [0, 0.1) is 6.92 Å². The Bertz CT molecular complexity index is 857. The number of ether oxygens (including phenoxy) is 1. The predicted octanol–water partition coefficient (Wildman–Crippen LogP) is 2.48. The lowest BCUT2D eigenvalue weighted by Crippen LogP contribution is -2.37. The van der Waals surface area contributed by atoms with Crippen LogP contribution in [0.5, 0.6) is 0 Å². The highest BCUT2D eigenvalue weighted by atomic mass is 32.1. The monoisotopic (exact) mass is 327 g/mol. The van der Waals surface area contributed by atoms with E-state index in [4.69, 9.17) is 15.5 Å². The van der Waals surface area contributed by atoms with Gasteiger partial charge in [-0.1, -0.05) is 0 Å². The number of fused-ring (bicyclic) bond motifs is 1. The number of rotatable bonds is 2. The lowest BCUT2D eigenvalue weighted by molar-refractivity contribution is 0.122. The molecule has 2 N–H and O–H groups in total. The van der Waals surface area contributed by atoms with Gasteiger partial charge in [-0.3, -0.25) is 0 Å². The maximum Gasteiger partial charge on any atom is 0.222 e. The van der Waals surface area contributed by atoms with E-state index >= 15 is 0 Å². The van der Waals surface area contributed by atoms with Crippen LogP contribution in [0.1, 0.15) is 4.88 Å². The topological polar surface area (TPSA) is 77.2 Å². The van der Waals surface area contributed by atoms with Crippen LogP contribution < -0.4 is 10.6 Å². The molecule has 0 unspecified atom stereocenters. The fourth-order valence-electron chi connectivity index (χ4n) is 2.72. The zero-order valence-corrected chi connectivity index (χ0v) is 13.6. The lowest BCUT2D eigenvalue weighted by Gasteiger charge is -2.28. The molecular formula is C16H17N5OS. The van der Waals surface area contributed by atoms with Crippen LogP contribution in [-0.2, 0) is 4.74 Å². The van der Waals surface area contributed by atoms with Gasteiger partial charge >= 0.3 is 0 Å². The average Bonchev–Trinajstić information content (AvgIpc) is 3.01. The molecule has 1 fully saturated rings. The third-order valence-corrected chi connectivity index (χ3v) is 4.87. The Balaban J connectivity index is 1.86. The number of morpholine rings is 1. The SMILES string of the molecule is Cc1ccc(-c2ccc3nc(N)nc(N4CCOCC4)c3n2)s1. The van der Waals surface area contributed by atoms with Gasteiger partial charge in [0.25, 0.3) is 0 Å². The summed E-state index contributed by atoms with van der Waals surface area (Å²) in [6, 6.07) is 8.16. The molecule has 1 aliphatic rings. The molecule has 3 aromatic heterocycles. The molecule has 4 heterocycles. The van der Waals surface area contributed by atoms with E-state index in [1.807, 2.05) is 12.1 Å². The van der Waals surface area contributed by atoms with Crippen molar-refractivity contribution >= 4 is 34.1 Å². The van der Waals surface area contributed by atoms with E-state index in [1.165, 1.54) is 4.88 Å². The quantitative estimate of drug-likeness (QED) is 0.779. The number of nitrogen functional groups attached to an aromatic ring is 1. The van der Waals surface area contributed by atoms with Gasteiger partial charge in [-0.2, -0.15) is 4.98 Å². The molecule has 1 saturated heterocycles. The summed E-state index contributed by atoms with van der Waals surface area (Å²) < 4.78 is 5.42. The summed E-state index contributed by atoms with van der Waals surface area (Å²) in [6.45, 7) is 5.05. The fourth-order valence-corrected chi connectivity index (χ4v) is 3.56. The summed E-state index contributed by atoms with van der Waals surface area (Å²) in [5, 5.41) is 0. The molecule has 7 heteroatoms. The molecule has 4 rings (SSSR count). The normalized spacial score (nSPS) is 15.3. The summed E-state index contributed by atoms with van der Waals surface area (Å²) >= 11 is 1.73. The second kappa shape index (κ2) is 5.75. The van der Waals surface area contributed by atoms with Gasteiger partial charge in [-0.05, 0) is 31.2 Å². The number of hydrogen-bond acceptors (Lipinski definition) is 7. The summed E-state index contributed by atoms with van der Waals surface area (Å²) in [6.07, 6.45) is 0. The first kappa shape index (κ1) is 14.3. The molecule has 118 valence electrons. The Morgan fingerprint density at radius 2 is 1.91 bits per heavy atom. The Hall–Kier alpha value is -2.25. The Morgan fingerprint density at radius 1 is 1.09 bits per heavy atom. The molecule has 1 aliphatic heterocycles. The van der Waals surface area contributed by atoms with Gasteiger partial charge in [0, 0.05) is 18.0 Å². The van der Waals surface area contributed by atoms with Gasteiger partial charge in [-0.15, -0.1) is 11.3 Å². The molecule has 0 amide bonds. The average molecular weight is 327 g/mol. The van der Waals surface area contributed by atoms with Crippen molar-refractivity contribution in [3.05, 3.63) is 29.1 Å². The number of thiophene rings is 1. The van der Waals surface area contributed by atoms with Crippen LogP contribution in [0.4, 0.5) is 11.8 Å². The minimum absolute atomic E-state index is 0.278. The first-order chi connectivity index (χ1) is 11.2. The van der Waals surface area contributed by atoms with E-state index in [-0.39, 0.29) is 5.95 Å². The van der Waals surface area contributed by atoms with E-state index < -0.39 is 0 Å². The van der Waals surface area contributed by atoms with Gasteiger partial charge in [-0.25, -0.2) is 9.97 Å². The predicted molar refractivity (Wildman–Crippen MR) is 92.8 cm³/mol. The van der Waals surface area contributed by atoms with Crippen molar-refractivity contribution in [3.8, 4) is 10.6 Å². The summed E-state index contributed by atoms with van der Waals surface area (Å²) in [5.41, 5.74) is 8.39. The first-order valence-corrected chi connectivity index (χ1v) is 8.36. The van der Waals surface area contributed by atoms with E-state index in [9.17, 15) is 0 Å². The maximum atomic E-state index is 5.88. The van der Waals surface area contributed by atoms with Crippen molar-refractivity contribution in [2.24, 2.45) is 0 Å². The fraction of sp³-hybridized carbons (Fsp3) is 0.312. The molecule has 0 aromatic carbocycles. The summed E-state index contributed by atoms with van der Waals surface area (Å²) in [4.78, 5) is 18.2. The first-order valence-electron chi connectivity index (χ1n) is 7.54. The lowest BCUT2D eigenvalue weighted by atomic mass is 10.2. The minimum Gasteiger partial charge on any atom is -0.378 e. The van der Waals surface area contributed by atoms with Gasteiger partial charge in [0.1, 0.15) is 5.52 Å². The van der Waals surface area contributed by atoms with Crippen molar-refractivity contribution in [3.63, 3.8) is 0 Å². The Labute approximate surface area is 138 Å². The van der Waals surface area contributed by atoms with Crippen LogP contribution >= 0.6 is 11.3 Å². The zero-order chi connectivity index (χ0) is 15.8. The number of nitrogens with two attached hydrogens (primary N) is 1. The highest BCUT2D eigenvalue weighted by Crippen LogP contribution is 2.30. The molecule has 0 radical (unpaired) electrons. The van der Waals surface area contributed by atoms with Gasteiger partial charge < -0.3 is 15.4 Å². The van der Waals surface area contributed by atoms with Crippen LogP contribution in [0.25, 0.3) is 21.6 Å². The molecule has 0 spiro atoms. The number of hydrogen-bond donors (Lipinski definition) is 1. The maximum absolute atomic E-state index is 5.88. The second-order valence-electron chi connectivity index (χ2n) is 5.48. The summed E-state index contributed by atoms with van der Waals surface area (Å²) in [7, 11) is 0. The van der Waals surface area contributed by atoms with Crippen molar-refractivity contribution in [1.82, 2.24) is 15.0 Å². The largest absolute Gasteiger partial charge is 0.378 e. The Kier molecular flexibility index (Phi) is 3.59. The van der Waals surface area contributed by atoms with Crippen LogP contribution in [0.15, 0.2) is 24.3 Å². The number of aromatic nitrogens is 3. The van der Waals surface area contributed by atoms with E-state index in [0.717, 1.165) is 40.5 Å². The Morgan fingerprint density at radius 3 is 2.65 bits per heavy atom. The zero-order valence-electron chi connectivity index (χ0n) is 12.8. The highest BCUT2D eigenvalue weighted by Gasteiger charge is 2.18. The standard InChI is InChI=1S/C16H17N5OS/c1-10-2-5-13(23-10)11-3-4-12-14(18-11)15(20-16(17)19-12)21-6-8-22-9-7-21/h2-5H,6-9H2,1H3,(H2,17,19,20). The number of pyridine rings is 1. The number of aryl methyl sites for hydroxylation is 1. The van der Waals surface area contributed by atoms with Crippen LogP contribution in [-0.4, -0.2) is 41.3 Å². The molecule has 0 atom stereocenters. The van der Waals surface area contributed by atoms with E-state index in [0.29, 0.717) is 13.2 Å². The molecule has 6 nitrogen and oxygen atoms in total. The second-order valence-corrected chi connectivity index (χ2v) is 6.77. The van der Waals surface area contributed by atoms with E-state index in [1.54, 1.807) is 11.3 Å². The highest BCUT2D eigenvalue weighted by molar-refractivity contribution is 7.15. The number of nitrogens with zero attached hydrogens (tertiary/aromatic N) is 4.